The Morgan fingerprint density at radius 1 is 1.33 bits per heavy atom. The van der Waals surface area contributed by atoms with E-state index < -0.39 is 0 Å². The molecule has 2 aromatic rings. The minimum absolute atomic E-state index is 0.00893. The van der Waals surface area contributed by atoms with Gasteiger partial charge in [-0.3, -0.25) is 14.5 Å². The van der Waals surface area contributed by atoms with Gasteiger partial charge in [-0.05, 0) is 41.6 Å². The van der Waals surface area contributed by atoms with E-state index in [1.807, 2.05) is 4.90 Å². The van der Waals surface area contributed by atoms with Crippen LogP contribution in [0.1, 0.15) is 10.4 Å². The fourth-order valence-electron chi connectivity index (χ4n) is 3.05. The molecule has 0 N–H and O–H groups in total. The van der Waals surface area contributed by atoms with Crippen molar-refractivity contribution < 1.29 is 14.3 Å². The van der Waals surface area contributed by atoms with E-state index in [4.69, 9.17) is 16.3 Å². The number of thiophene rings is 1. The second-order valence-electron chi connectivity index (χ2n) is 5.81. The zero-order valence-corrected chi connectivity index (χ0v) is 14.4. The summed E-state index contributed by atoms with van der Waals surface area (Å²) in [6.07, 6.45) is 0.873. The van der Waals surface area contributed by atoms with Gasteiger partial charge in [0.2, 0.25) is 5.91 Å². The summed E-state index contributed by atoms with van der Waals surface area (Å²) in [6, 6.07) is 7.15. The number of carbonyl (C=O) groups is 2. The molecule has 0 fully saturated rings. The maximum Gasteiger partial charge on any atom is 0.265 e. The normalized spacial score (nSPS) is 16.5. The third-order valence-electron chi connectivity index (χ3n) is 4.32. The lowest BCUT2D eigenvalue weighted by atomic mass is 10.1. The predicted molar refractivity (Wildman–Crippen MR) is 92.7 cm³/mol. The standard InChI is InChI=1S/C17H15ClN2O3S/c18-12-1-2-14-13(7-12)20(17(22)10-23-14)9-16(21)19-5-3-15-11(8-19)4-6-24-15/h1-2,4,6-7H,3,5,8-10H2. The second kappa shape index (κ2) is 6.11. The molecule has 0 saturated heterocycles. The summed E-state index contributed by atoms with van der Waals surface area (Å²) in [5, 5.41) is 2.56. The highest BCUT2D eigenvalue weighted by molar-refractivity contribution is 7.10. The van der Waals surface area contributed by atoms with Crippen molar-refractivity contribution in [2.45, 2.75) is 13.0 Å². The average Bonchev–Trinajstić information content (AvgIpc) is 3.05. The molecular weight excluding hydrogens is 348 g/mol. The van der Waals surface area contributed by atoms with Gasteiger partial charge in [-0.25, -0.2) is 0 Å². The molecule has 2 aliphatic rings. The van der Waals surface area contributed by atoms with Crippen LogP contribution in [0.2, 0.25) is 5.02 Å². The topological polar surface area (TPSA) is 49.9 Å². The van der Waals surface area contributed by atoms with E-state index in [1.165, 1.54) is 15.3 Å². The Bertz CT molecular complexity index is 820. The smallest absolute Gasteiger partial charge is 0.265 e. The number of anilines is 1. The molecule has 2 aliphatic heterocycles. The Hall–Kier alpha value is -2.05. The number of amides is 2. The van der Waals surface area contributed by atoms with E-state index in [0.29, 0.717) is 29.5 Å². The van der Waals surface area contributed by atoms with Gasteiger partial charge >= 0.3 is 0 Å². The van der Waals surface area contributed by atoms with Crippen molar-refractivity contribution in [3.05, 3.63) is 45.1 Å². The van der Waals surface area contributed by atoms with E-state index in [1.54, 1.807) is 29.5 Å². The van der Waals surface area contributed by atoms with Crippen LogP contribution in [-0.4, -0.2) is 36.4 Å². The molecule has 24 heavy (non-hydrogen) atoms. The first-order valence-corrected chi connectivity index (χ1v) is 8.93. The van der Waals surface area contributed by atoms with Crippen molar-refractivity contribution in [1.82, 2.24) is 4.90 Å². The van der Waals surface area contributed by atoms with Crippen molar-refractivity contribution in [1.29, 1.82) is 0 Å². The van der Waals surface area contributed by atoms with Crippen LogP contribution in [0.5, 0.6) is 5.75 Å². The van der Waals surface area contributed by atoms with Gasteiger partial charge in [0.05, 0.1) is 5.69 Å². The van der Waals surface area contributed by atoms with Crippen molar-refractivity contribution >= 4 is 40.4 Å². The number of nitrogens with zero attached hydrogens (tertiary/aromatic N) is 2. The number of hydrogen-bond donors (Lipinski definition) is 0. The molecule has 7 heteroatoms. The Kier molecular flexibility index (Phi) is 3.94. The third kappa shape index (κ3) is 2.76. The number of halogens is 1. The summed E-state index contributed by atoms with van der Waals surface area (Å²) in [7, 11) is 0. The van der Waals surface area contributed by atoms with Crippen LogP contribution < -0.4 is 9.64 Å². The highest BCUT2D eigenvalue weighted by atomic mass is 35.5. The fourth-order valence-corrected chi connectivity index (χ4v) is 4.10. The molecule has 0 aliphatic carbocycles. The molecule has 1 aromatic heterocycles. The Labute approximate surface area is 148 Å². The van der Waals surface area contributed by atoms with Gasteiger partial charge in [-0.1, -0.05) is 11.6 Å². The molecule has 3 heterocycles. The first kappa shape index (κ1) is 15.5. The van der Waals surface area contributed by atoms with Gasteiger partial charge in [0.25, 0.3) is 5.91 Å². The highest BCUT2D eigenvalue weighted by Gasteiger charge is 2.30. The summed E-state index contributed by atoms with van der Waals surface area (Å²) >= 11 is 7.76. The van der Waals surface area contributed by atoms with Crippen LogP contribution in [-0.2, 0) is 22.6 Å². The molecule has 5 nitrogen and oxygen atoms in total. The van der Waals surface area contributed by atoms with E-state index in [9.17, 15) is 9.59 Å². The van der Waals surface area contributed by atoms with Crippen LogP contribution in [0, 0.1) is 0 Å². The molecule has 0 spiro atoms. The Morgan fingerprint density at radius 2 is 2.21 bits per heavy atom. The van der Waals surface area contributed by atoms with Gasteiger partial charge in [-0.2, -0.15) is 0 Å². The minimum Gasteiger partial charge on any atom is -0.482 e. The number of rotatable bonds is 2. The van der Waals surface area contributed by atoms with Crippen molar-refractivity contribution in [2.75, 3.05) is 24.6 Å². The molecule has 0 atom stereocenters. The van der Waals surface area contributed by atoms with Gasteiger partial charge in [0.15, 0.2) is 6.61 Å². The zero-order valence-electron chi connectivity index (χ0n) is 12.8. The highest BCUT2D eigenvalue weighted by Crippen LogP contribution is 2.34. The number of fused-ring (bicyclic) bond motifs is 2. The molecule has 0 unspecified atom stereocenters. The van der Waals surface area contributed by atoms with Gasteiger partial charge in [-0.15, -0.1) is 11.3 Å². The maximum absolute atomic E-state index is 12.7. The number of benzene rings is 1. The molecule has 1 aromatic carbocycles. The third-order valence-corrected chi connectivity index (χ3v) is 5.58. The second-order valence-corrected chi connectivity index (χ2v) is 7.25. The predicted octanol–water partition coefficient (Wildman–Crippen LogP) is 2.71. The summed E-state index contributed by atoms with van der Waals surface area (Å²) in [4.78, 5) is 29.6. The van der Waals surface area contributed by atoms with Gasteiger partial charge in [0, 0.05) is 23.0 Å². The lowest BCUT2D eigenvalue weighted by Gasteiger charge is -2.32. The van der Waals surface area contributed by atoms with E-state index >= 15 is 0 Å². The molecule has 2 amide bonds. The first-order valence-electron chi connectivity index (χ1n) is 7.67. The van der Waals surface area contributed by atoms with Crippen molar-refractivity contribution in [3.63, 3.8) is 0 Å². The van der Waals surface area contributed by atoms with Crippen LogP contribution in [0.15, 0.2) is 29.6 Å². The molecule has 4 rings (SSSR count). The summed E-state index contributed by atoms with van der Waals surface area (Å²) < 4.78 is 5.41. The summed E-state index contributed by atoms with van der Waals surface area (Å²) in [5.74, 6) is 0.282. The lowest BCUT2D eigenvalue weighted by molar-refractivity contribution is -0.132. The summed E-state index contributed by atoms with van der Waals surface area (Å²) in [5.41, 5.74) is 1.76. The van der Waals surface area contributed by atoms with Crippen molar-refractivity contribution in [3.8, 4) is 5.75 Å². The average molecular weight is 363 g/mol. The lowest BCUT2D eigenvalue weighted by Crippen LogP contribution is -2.47. The Morgan fingerprint density at radius 3 is 3.08 bits per heavy atom. The molecule has 0 bridgehead atoms. The minimum atomic E-state index is -0.230. The number of hydrogen-bond acceptors (Lipinski definition) is 4. The van der Waals surface area contributed by atoms with E-state index in [2.05, 4.69) is 11.4 Å². The number of carbonyl (C=O) groups excluding carboxylic acids is 2. The van der Waals surface area contributed by atoms with Gasteiger partial charge in [0.1, 0.15) is 12.3 Å². The molecule has 124 valence electrons. The van der Waals surface area contributed by atoms with Crippen LogP contribution in [0.25, 0.3) is 0 Å². The van der Waals surface area contributed by atoms with Crippen LogP contribution in [0.4, 0.5) is 5.69 Å². The quantitative estimate of drug-likeness (QED) is 0.825. The van der Waals surface area contributed by atoms with Crippen molar-refractivity contribution in [2.24, 2.45) is 0 Å². The fraction of sp³-hybridized carbons (Fsp3) is 0.294. The molecule has 0 saturated carbocycles. The van der Waals surface area contributed by atoms with Crippen LogP contribution >= 0.6 is 22.9 Å². The molecular formula is C17H15ClN2O3S. The summed E-state index contributed by atoms with van der Waals surface area (Å²) in [6.45, 7) is 1.25. The number of ether oxygens (including phenoxy) is 1. The largest absolute Gasteiger partial charge is 0.482 e. The zero-order chi connectivity index (χ0) is 16.7. The monoisotopic (exact) mass is 362 g/mol. The van der Waals surface area contributed by atoms with E-state index in [0.717, 1.165) is 6.42 Å². The van der Waals surface area contributed by atoms with Crippen LogP contribution in [0.3, 0.4) is 0 Å². The van der Waals surface area contributed by atoms with E-state index in [-0.39, 0.29) is 25.0 Å². The molecule has 0 radical (unpaired) electrons. The Balaban J connectivity index is 1.54. The first-order chi connectivity index (χ1) is 11.6. The maximum atomic E-state index is 12.7. The van der Waals surface area contributed by atoms with Gasteiger partial charge < -0.3 is 9.64 Å². The SMILES string of the molecule is O=C(CN1C(=O)COc2ccc(Cl)cc21)N1CCc2sccc2C1.